The van der Waals surface area contributed by atoms with Crippen LogP contribution < -0.4 is 33.8 Å². The van der Waals surface area contributed by atoms with Gasteiger partial charge in [0, 0.05) is 5.02 Å². The number of carbonyl (C=O) groups excluding carboxylic acids is 1. The van der Waals surface area contributed by atoms with E-state index in [2.05, 4.69) is 0 Å². The summed E-state index contributed by atoms with van der Waals surface area (Å²) >= 11 is 5.58. The van der Waals surface area contributed by atoms with Gasteiger partial charge in [0.1, 0.15) is 17.3 Å². The van der Waals surface area contributed by atoms with Crippen LogP contribution in [0.4, 0.5) is 0 Å². The summed E-state index contributed by atoms with van der Waals surface area (Å²) in [4.78, 5) is 9.78. The Morgan fingerprint density at radius 2 is 2.06 bits per heavy atom. The Balaban J connectivity index is 0.00000256. The van der Waals surface area contributed by atoms with Crippen molar-refractivity contribution in [3.8, 4) is 5.75 Å². The summed E-state index contributed by atoms with van der Waals surface area (Å²) in [7, 11) is -4.03. The SMILES string of the molecule is NS(=O)(=O)c1cc(Cl)ccc1OCC(=O)[O-].[Li+]. The number of benzene rings is 1. The molecule has 2 N–H and O–H groups in total. The van der Waals surface area contributed by atoms with Crippen molar-refractivity contribution in [2.45, 2.75) is 4.90 Å². The molecule has 9 heteroatoms. The molecule has 0 saturated carbocycles. The second kappa shape index (κ2) is 6.28. The quantitative estimate of drug-likeness (QED) is 0.563. The molecule has 0 heterocycles. The molecule has 0 amide bonds. The second-order valence-electron chi connectivity index (χ2n) is 2.80. The Morgan fingerprint density at radius 1 is 1.47 bits per heavy atom. The third-order valence-electron chi connectivity index (χ3n) is 1.56. The molecule has 0 spiro atoms. The van der Waals surface area contributed by atoms with Gasteiger partial charge in [-0.15, -0.1) is 0 Å². The van der Waals surface area contributed by atoms with Crippen molar-refractivity contribution >= 4 is 27.6 Å². The minimum absolute atomic E-state index is 0. The van der Waals surface area contributed by atoms with E-state index in [1.54, 1.807) is 0 Å². The summed E-state index contributed by atoms with van der Waals surface area (Å²) < 4.78 is 27.0. The number of ether oxygens (including phenoxy) is 1. The zero-order valence-electron chi connectivity index (χ0n) is 8.84. The molecule has 1 rings (SSSR count). The number of carbonyl (C=O) groups is 1. The fourth-order valence-corrected chi connectivity index (χ4v) is 1.90. The Bertz CT molecular complexity index is 519. The number of sulfonamides is 1. The Kier molecular flexibility index (Phi) is 6.02. The van der Waals surface area contributed by atoms with Gasteiger partial charge in [0.05, 0.1) is 5.97 Å². The van der Waals surface area contributed by atoms with Gasteiger partial charge in [-0.3, -0.25) is 0 Å². The van der Waals surface area contributed by atoms with Crippen LogP contribution >= 0.6 is 11.6 Å². The first kappa shape index (κ1) is 16.3. The smallest absolute Gasteiger partial charge is 0.546 e. The van der Waals surface area contributed by atoms with Crippen LogP contribution in [0.2, 0.25) is 5.02 Å². The number of hydrogen-bond acceptors (Lipinski definition) is 5. The predicted molar refractivity (Wildman–Crippen MR) is 53.3 cm³/mol. The normalized spacial score (nSPS) is 10.5. The molecule has 17 heavy (non-hydrogen) atoms. The number of nitrogens with two attached hydrogens (primary N) is 1. The van der Waals surface area contributed by atoms with Crippen LogP contribution in [0.25, 0.3) is 0 Å². The van der Waals surface area contributed by atoms with E-state index in [0.717, 1.165) is 6.07 Å². The van der Waals surface area contributed by atoms with E-state index in [-0.39, 0.29) is 34.5 Å². The summed E-state index contributed by atoms with van der Waals surface area (Å²) in [5.41, 5.74) is 0. The molecule has 0 fully saturated rings. The number of aliphatic carboxylic acids is 1. The van der Waals surface area contributed by atoms with E-state index in [0.29, 0.717) is 0 Å². The number of hydrogen-bond donors (Lipinski definition) is 1. The van der Waals surface area contributed by atoms with Crippen molar-refractivity contribution in [1.29, 1.82) is 0 Å². The number of rotatable bonds is 4. The molecule has 88 valence electrons. The van der Waals surface area contributed by atoms with Gasteiger partial charge in [-0.25, -0.2) is 13.6 Å². The standard InChI is InChI=1S/C8H8ClNO5S.Li/c9-5-1-2-6(15-4-8(11)12)7(3-5)16(10,13)14;/h1-3H,4H2,(H,11,12)(H2,10,13,14);/q;+1/p-1. The molecule has 0 aliphatic rings. The van der Waals surface area contributed by atoms with Crippen molar-refractivity contribution in [3.05, 3.63) is 23.2 Å². The first-order valence-electron chi connectivity index (χ1n) is 3.95. The van der Waals surface area contributed by atoms with E-state index in [1.807, 2.05) is 0 Å². The van der Waals surface area contributed by atoms with Crippen molar-refractivity contribution < 1.29 is 41.9 Å². The fraction of sp³-hybridized carbons (Fsp3) is 0.125. The molecule has 6 nitrogen and oxygen atoms in total. The van der Waals surface area contributed by atoms with Crippen molar-refractivity contribution in [2.75, 3.05) is 6.61 Å². The van der Waals surface area contributed by atoms with Gasteiger partial charge in [-0.1, -0.05) is 11.6 Å². The first-order chi connectivity index (χ1) is 7.30. The van der Waals surface area contributed by atoms with Crippen LogP contribution in [0, 0.1) is 0 Å². The average molecular weight is 272 g/mol. The molecule has 1 aromatic rings. The molecule has 0 bridgehead atoms. The number of primary sulfonamides is 1. The molecule has 0 atom stereocenters. The van der Waals surface area contributed by atoms with Crippen molar-refractivity contribution in [1.82, 2.24) is 0 Å². The topological polar surface area (TPSA) is 110 Å². The van der Waals surface area contributed by atoms with Crippen molar-refractivity contribution in [3.63, 3.8) is 0 Å². The molecular formula is C8H7ClLiNO5S. The Hall–Kier alpha value is -0.713. The number of halogens is 1. The third-order valence-corrected chi connectivity index (χ3v) is 2.72. The van der Waals surface area contributed by atoms with E-state index in [1.165, 1.54) is 12.1 Å². The van der Waals surface area contributed by atoms with E-state index in [4.69, 9.17) is 21.5 Å². The molecule has 0 saturated heterocycles. The molecule has 0 aromatic heterocycles. The van der Waals surface area contributed by atoms with Crippen LogP contribution in [0.1, 0.15) is 0 Å². The first-order valence-corrected chi connectivity index (χ1v) is 5.88. The third kappa shape index (κ3) is 4.98. The van der Waals surface area contributed by atoms with Gasteiger partial charge in [0.15, 0.2) is 0 Å². The molecule has 0 radical (unpaired) electrons. The van der Waals surface area contributed by atoms with Crippen LogP contribution in [0.15, 0.2) is 23.1 Å². The molecule has 0 aliphatic carbocycles. The zero-order chi connectivity index (χ0) is 12.3. The average Bonchev–Trinajstić information content (AvgIpc) is 2.14. The Morgan fingerprint density at radius 3 is 2.53 bits per heavy atom. The summed E-state index contributed by atoms with van der Waals surface area (Å²) in [5, 5.41) is 15.2. The zero-order valence-corrected chi connectivity index (χ0v) is 10.4. The fourth-order valence-electron chi connectivity index (χ4n) is 0.960. The molecule has 1 aromatic carbocycles. The van der Waals surface area contributed by atoms with Gasteiger partial charge in [0.2, 0.25) is 10.0 Å². The van der Waals surface area contributed by atoms with E-state index in [9.17, 15) is 18.3 Å². The van der Waals surface area contributed by atoms with Gasteiger partial charge in [0.25, 0.3) is 0 Å². The maximum absolute atomic E-state index is 11.1. The molecule has 0 aliphatic heterocycles. The van der Waals surface area contributed by atoms with Gasteiger partial charge in [-0.05, 0) is 18.2 Å². The van der Waals surface area contributed by atoms with Gasteiger partial charge < -0.3 is 14.6 Å². The summed E-state index contributed by atoms with van der Waals surface area (Å²) in [6.45, 7) is -0.774. The summed E-state index contributed by atoms with van der Waals surface area (Å²) in [5.74, 6) is -1.66. The maximum atomic E-state index is 11.1. The monoisotopic (exact) mass is 271 g/mol. The Labute approximate surface area is 115 Å². The summed E-state index contributed by atoms with van der Waals surface area (Å²) in [6.07, 6.45) is 0. The summed E-state index contributed by atoms with van der Waals surface area (Å²) in [6, 6.07) is 3.63. The van der Waals surface area contributed by atoms with Crippen LogP contribution in [0.5, 0.6) is 5.75 Å². The maximum Gasteiger partial charge on any atom is 1.00 e. The van der Waals surface area contributed by atoms with E-state index >= 15 is 0 Å². The van der Waals surface area contributed by atoms with E-state index < -0.39 is 22.6 Å². The largest absolute Gasteiger partial charge is 1.00 e. The number of carboxylic acid groups (broad SMARTS) is 1. The van der Waals surface area contributed by atoms with Crippen molar-refractivity contribution in [2.24, 2.45) is 5.14 Å². The second-order valence-corrected chi connectivity index (χ2v) is 4.76. The van der Waals surface area contributed by atoms with Gasteiger partial charge >= 0.3 is 18.9 Å². The van der Waals surface area contributed by atoms with Gasteiger partial charge in [-0.2, -0.15) is 0 Å². The minimum atomic E-state index is -4.03. The van der Waals surface area contributed by atoms with Crippen LogP contribution in [-0.4, -0.2) is 21.0 Å². The van der Waals surface area contributed by atoms with Crippen LogP contribution in [-0.2, 0) is 14.8 Å². The number of carboxylic acids is 1. The van der Waals surface area contributed by atoms with Crippen LogP contribution in [0.3, 0.4) is 0 Å². The predicted octanol–water partition coefficient (Wildman–Crippen LogP) is -3.88. The molecule has 0 unspecified atom stereocenters. The minimum Gasteiger partial charge on any atom is -0.546 e. The molecular weight excluding hydrogens is 265 g/mol.